The number of nitrogens with zero attached hydrogens (tertiary/aromatic N) is 2. The minimum absolute atomic E-state index is 0.161. The Balaban J connectivity index is 1.40. The molecule has 0 aromatic carbocycles. The maximum atomic E-state index is 12.2. The highest BCUT2D eigenvalue weighted by molar-refractivity contribution is 5.81. The molecule has 0 spiro atoms. The van der Waals surface area contributed by atoms with Crippen LogP contribution in [0.3, 0.4) is 0 Å². The summed E-state index contributed by atoms with van der Waals surface area (Å²) in [4.78, 5) is 28.5. The van der Waals surface area contributed by atoms with Gasteiger partial charge >= 0.3 is 0 Å². The van der Waals surface area contributed by atoms with Crippen LogP contribution < -0.4 is 5.32 Å². The van der Waals surface area contributed by atoms with Crippen molar-refractivity contribution in [1.82, 2.24) is 15.1 Å². The molecule has 1 saturated heterocycles. The van der Waals surface area contributed by atoms with Crippen molar-refractivity contribution in [2.24, 2.45) is 5.92 Å². The van der Waals surface area contributed by atoms with E-state index in [1.54, 1.807) is 0 Å². The van der Waals surface area contributed by atoms with Gasteiger partial charge in [0, 0.05) is 38.1 Å². The smallest absolute Gasteiger partial charge is 0.234 e. The van der Waals surface area contributed by atoms with Gasteiger partial charge in [-0.05, 0) is 32.1 Å². The van der Waals surface area contributed by atoms with Gasteiger partial charge in [0.05, 0.1) is 6.54 Å². The first-order chi connectivity index (χ1) is 10.7. The second kappa shape index (κ2) is 7.44. The minimum Gasteiger partial charge on any atom is -0.352 e. The predicted molar refractivity (Wildman–Crippen MR) is 85.4 cm³/mol. The summed E-state index contributed by atoms with van der Waals surface area (Å²) in [5, 5.41) is 3.19. The van der Waals surface area contributed by atoms with Crippen LogP contribution >= 0.6 is 0 Å². The van der Waals surface area contributed by atoms with Crippen LogP contribution in [0.25, 0.3) is 0 Å². The quantitative estimate of drug-likeness (QED) is 0.854. The molecule has 0 unspecified atom stereocenters. The summed E-state index contributed by atoms with van der Waals surface area (Å²) >= 11 is 0. The molecule has 5 nitrogen and oxygen atoms in total. The molecule has 5 heteroatoms. The normalized spacial score (nSPS) is 24.8. The van der Waals surface area contributed by atoms with Crippen LogP contribution in [0.2, 0.25) is 0 Å². The average Bonchev–Trinajstić information content (AvgIpc) is 3.35. The van der Waals surface area contributed by atoms with Crippen molar-refractivity contribution in [3.63, 3.8) is 0 Å². The second-order valence-electron chi connectivity index (χ2n) is 7.13. The van der Waals surface area contributed by atoms with Crippen molar-refractivity contribution in [3.8, 4) is 0 Å². The Bertz CT molecular complexity index is 403. The highest BCUT2D eigenvalue weighted by atomic mass is 16.2. The van der Waals surface area contributed by atoms with E-state index in [1.807, 2.05) is 4.90 Å². The van der Waals surface area contributed by atoms with E-state index < -0.39 is 0 Å². The maximum Gasteiger partial charge on any atom is 0.234 e. The Morgan fingerprint density at radius 3 is 2.36 bits per heavy atom. The molecule has 0 atom stereocenters. The lowest BCUT2D eigenvalue weighted by Gasteiger charge is -2.25. The van der Waals surface area contributed by atoms with E-state index in [0.29, 0.717) is 24.4 Å². The molecular weight excluding hydrogens is 278 g/mol. The van der Waals surface area contributed by atoms with E-state index in [2.05, 4.69) is 10.2 Å². The Morgan fingerprint density at radius 1 is 0.864 bits per heavy atom. The maximum absolute atomic E-state index is 12.2. The number of rotatable bonds is 4. The van der Waals surface area contributed by atoms with Crippen LogP contribution in [0, 0.1) is 5.92 Å². The largest absolute Gasteiger partial charge is 0.352 e. The predicted octanol–water partition coefficient (Wildman–Crippen LogP) is 1.38. The highest BCUT2D eigenvalue weighted by Gasteiger charge is 2.34. The molecule has 0 aromatic rings. The van der Waals surface area contributed by atoms with Gasteiger partial charge in [-0.1, -0.05) is 19.3 Å². The number of hydrogen-bond donors (Lipinski definition) is 1. The number of amides is 2. The van der Waals surface area contributed by atoms with Gasteiger partial charge in [-0.25, -0.2) is 0 Å². The number of carbonyl (C=O) groups is 2. The van der Waals surface area contributed by atoms with Gasteiger partial charge in [0.25, 0.3) is 0 Å². The van der Waals surface area contributed by atoms with E-state index in [-0.39, 0.29) is 5.91 Å². The molecule has 2 aliphatic carbocycles. The van der Waals surface area contributed by atoms with Crippen LogP contribution in [-0.4, -0.2) is 60.4 Å². The molecule has 124 valence electrons. The van der Waals surface area contributed by atoms with E-state index in [0.717, 1.165) is 58.3 Å². The first-order valence-corrected chi connectivity index (χ1v) is 9.03. The molecule has 22 heavy (non-hydrogen) atoms. The summed E-state index contributed by atoms with van der Waals surface area (Å²) in [7, 11) is 0. The summed E-state index contributed by atoms with van der Waals surface area (Å²) in [5.41, 5.74) is 0. The fourth-order valence-corrected chi connectivity index (χ4v) is 3.66. The summed E-state index contributed by atoms with van der Waals surface area (Å²) in [6.45, 7) is 3.88. The number of carbonyl (C=O) groups excluding carboxylic acids is 2. The van der Waals surface area contributed by atoms with Crippen LogP contribution in [0.4, 0.5) is 0 Å². The molecule has 1 heterocycles. The monoisotopic (exact) mass is 307 g/mol. The zero-order chi connectivity index (χ0) is 15.4. The van der Waals surface area contributed by atoms with Crippen LogP contribution in [0.1, 0.15) is 51.4 Å². The molecule has 3 fully saturated rings. The summed E-state index contributed by atoms with van der Waals surface area (Å²) < 4.78 is 0. The molecule has 2 amide bonds. The number of hydrogen-bond acceptors (Lipinski definition) is 3. The highest BCUT2D eigenvalue weighted by Crippen LogP contribution is 2.31. The zero-order valence-electron chi connectivity index (χ0n) is 13.6. The van der Waals surface area contributed by atoms with Crippen molar-refractivity contribution in [3.05, 3.63) is 0 Å². The Labute approximate surface area is 133 Å². The van der Waals surface area contributed by atoms with Gasteiger partial charge in [0.1, 0.15) is 0 Å². The third kappa shape index (κ3) is 4.45. The lowest BCUT2D eigenvalue weighted by molar-refractivity contribution is -0.132. The van der Waals surface area contributed by atoms with Gasteiger partial charge in [0.15, 0.2) is 0 Å². The zero-order valence-corrected chi connectivity index (χ0v) is 13.6. The fraction of sp³-hybridized carbons (Fsp3) is 0.882. The average molecular weight is 307 g/mol. The summed E-state index contributed by atoms with van der Waals surface area (Å²) in [6, 6.07) is 0.390. The molecule has 0 bridgehead atoms. The Kier molecular flexibility index (Phi) is 5.34. The molecule has 2 saturated carbocycles. The van der Waals surface area contributed by atoms with Crippen molar-refractivity contribution >= 4 is 11.8 Å². The number of nitrogens with one attached hydrogen (secondary N) is 1. The van der Waals surface area contributed by atoms with Crippen LogP contribution in [-0.2, 0) is 9.59 Å². The standard InChI is InChI=1S/C17H29N3O2/c21-16(18-15-5-2-1-3-6-15)13-19-9-4-10-20(12-11-19)17(22)14-7-8-14/h14-15H,1-13H2,(H,18,21). The molecule has 0 radical (unpaired) electrons. The topological polar surface area (TPSA) is 52.7 Å². The third-order valence-electron chi connectivity index (χ3n) is 5.16. The van der Waals surface area contributed by atoms with Crippen molar-refractivity contribution in [1.29, 1.82) is 0 Å². The van der Waals surface area contributed by atoms with E-state index in [4.69, 9.17) is 0 Å². The Morgan fingerprint density at radius 2 is 1.64 bits per heavy atom. The van der Waals surface area contributed by atoms with Gasteiger partial charge in [-0.3, -0.25) is 14.5 Å². The molecule has 1 aliphatic heterocycles. The fourth-order valence-electron chi connectivity index (χ4n) is 3.66. The van der Waals surface area contributed by atoms with Crippen molar-refractivity contribution in [2.45, 2.75) is 57.4 Å². The first-order valence-electron chi connectivity index (χ1n) is 9.03. The molecular formula is C17H29N3O2. The van der Waals surface area contributed by atoms with Gasteiger partial charge in [-0.2, -0.15) is 0 Å². The SMILES string of the molecule is O=C(CN1CCCN(C(=O)C2CC2)CC1)NC1CCCCC1. The lowest BCUT2D eigenvalue weighted by Crippen LogP contribution is -2.44. The summed E-state index contributed by atoms with van der Waals surface area (Å²) in [5.74, 6) is 0.809. The van der Waals surface area contributed by atoms with Crippen LogP contribution in [0.5, 0.6) is 0 Å². The second-order valence-corrected chi connectivity index (χ2v) is 7.13. The third-order valence-corrected chi connectivity index (χ3v) is 5.16. The minimum atomic E-state index is 0.161. The van der Waals surface area contributed by atoms with Gasteiger partial charge in [-0.15, -0.1) is 0 Å². The molecule has 3 rings (SSSR count). The van der Waals surface area contributed by atoms with Gasteiger partial charge < -0.3 is 10.2 Å². The van der Waals surface area contributed by atoms with Crippen molar-refractivity contribution < 1.29 is 9.59 Å². The van der Waals surface area contributed by atoms with Crippen LogP contribution in [0.15, 0.2) is 0 Å². The van der Waals surface area contributed by atoms with E-state index in [1.165, 1.54) is 19.3 Å². The van der Waals surface area contributed by atoms with Crippen molar-refractivity contribution in [2.75, 3.05) is 32.7 Å². The molecule has 0 aromatic heterocycles. The van der Waals surface area contributed by atoms with E-state index >= 15 is 0 Å². The molecule has 3 aliphatic rings. The van der Waals surface area contributed by atoms with E-state index in [9.17, 15) is 9.59 Å². The molecule has 1 N–H and O–H groups in total. The first kappa shape index (κ1) is 15.8. The Hall–Kier alpha value is -1.10. The van der Waals surface area contributed by atoms with Gasteiger partial charge in [0.2, 0.25) is 11.8 Å². The summed E-state index contributed by atoms with van der Waals surface area (Å²) in [6.07, 6.45) is 9.19. The lowest BCUT2D eigenvalue weighted by atomic mass is 9.95.